The predicted octanol–water partition coefficient (Wildman–Crippen LogP) is 3.08. The number of nitrogens with one attached hydrogen (secondary N) is 1. The van der Waals surface area contributed by atoms with Crippen LogP contribution in [0.3, 0.4) is 0 Å². The molecule has 1 aromatic carbocycles. The molecule has 5 rings (SSSR count). The molecule has 8 heteroatoms. The van der Waals surface area contributed by atoms with Crippen molar-refractivity contribution in [1.29, 1.82) is 0 Å². The van der Waals surface area contributed by atoms with E-state index in [0.717, 1.165) is 68.5 Å². The van der Waals surface area contributed by atoms with Gasteiger partial charge in [-0.3, -0.25) is 9.69 Å². The van der Waals surface area contributed by atoms with Crippen LogP contribution in [0.15, 0.2) is 29.1 Å². The molecule has 2 atom stereocenters. The van der Waals surface area contributed by atoms with E-state index in [0.29, 0.717) is 18.0 Å². The Morgan fingerprint density at radius 3 is 2.81 bits per heavy atom. The van der Waals surface area contributed by atoms with Crippen LogP contribution in [0.25, 0.3) is 10.9 Å². The summed E-state index contributed by atoms with van der Waals surface area (Å²) in [5.41, 5.74) is 2.75. The van der Waals surface area contributed by atoms with Gasteiger partial charge in [0, 0.05) is 17.7 Å². The molecule has 2 aliphatic heterocycles. The average molecular weight is 437 g/mol. The molecule has 2 fully saturated rings. The molecule has 2 aromatic heterocycles. The van der Waals surface area contributed by atoms with E-state index in [2.05, 4.69) is 51.4 Å². The van der Waals surface area contributed by atoms with Crippen molar-refractivity contribution >= 4 is 10.9 Å². The number of piperidine rings is 1. The van der Waals surface area contributed by atoms with Gasteiger partial charge in [0.1, 0.15) is 6.04 Å². The summed E-state index contributed by atoms with van der Waals surface area (Å²) in [6, 6.07) is 8.00. The molecule has 0 radical (unpaired) electrons. The quantitative estimate of drug-likeness (QED) is 0.639. The molecule has 4 heterocycles. The standard InChI is InChI=1S/C24H32N6O2/c1-3-17-6-7-21-18(13-17)14-20(24(31)25-21)22(29-10-8-16(2)9-11-29)23-26-27-28-30(23)15-19-5-4-12-32-19/h6-7,13-14,16,19,22H,3-5,8-12,15H2,1-2H3,(H,25,31)/t19-,22-/m1/s1. The van der Waals surface area contributed by atoms with Gasteiger partial charge in [-0.15, -0.1) is 5.10 Å². The first-order chi connectivity index (χ1) is 15.6. The molecule has 0 aliphatic carbocycles. The molecule has 0 spiro atoms. The second-order valence-corrected chi connectivity index (χ2v) is 9.30. The van der Waals surface area contributed by atoms with E-state index in [9.17, 15) is 4.79 Å². The third-order valence-electron chi connectivity index (χ3n) is 7.03. The number of aromatic nitrogens is 5. The van der Waals surface area contributed by atoms with Crippen LogP contribution in [0.2, 0.25) is 0 Å². The number of likely N-dealkylation sites (tertiary alicyclic amines) is 1. The Bertz CT molecular complexity index is 1120. The lowest BCUT2D eigenvalue weighted by Gasteiger charge is -2.36. The van der Waals surface area contributed by atoms with Crippen molar-refractivity contribution in [3.05, 3.63) is 51.6 Å². The summed E-state index contributed by atoms with van der Waals surface area (Å²) in [7, 11) is 0. The van der Waals surface area contributed by atoms with Gasteiger partial charge < -0.3 is 9.72 Å². The first-order valence-corrected chi connectivity index (χ1v) is 11.9. The van der Waals surface area contributed by atoms with Gasteiger partial charge in [0.25, 0.3) is 5.56 Å². The van der Waals surface area contributed by atoms with E-state index in [4.69, 9.17) is 4.74 Å². The molecule has 3 aromatic rings. The Morgan fingerprint density at radius 1 is 1.22 bits per heavy atom. The van der Waals surface area contributed by atoms with E-state index in [1.54, 1.807) is 0 Å². The van der Waals surface area contributed by atoms with E-state index >= 15 is 0 Å². The smallest absolute Gasteiger partial charge is 0.253 e. The van der Waals surface area contributed by atoms with Crippen molar-refractivity contribution in [2.45, 2.75) is 64.6 Å². The molecular weight excluding hydrogens is 404 g/mol. The maximum Gasteiger partial charge on any atom is 0.253 e. The minimum Gasteiger partial charge on any atom is -0.376 e. The van der Waals surface area contributed by atoms with Crippen LogP contribution in [-0.2, 0) is 17.7 Å². The molecule has 170 valence electrons. The van der Waals surface area contributed by atoms with Crippen LogP contribution in [-0.4, -0.2) is 55.9 Å². The average Bonchev–Trinajstić information content (AvgIpc) is 3.48. The van der Waals surface area contributed by atoms with Crippen LogP contribution < -0.4 is 5.56 Å². The number of pyridine rings is 1. The fourth-order valence-corrected chi connectivity index (χ4v) is 5.00. The Hall–Kier alpha value is -2.58. The number of aryl methyl sites for hydroxylation is 1. The summed E-state index contributed by atoms with van der Waals surface area (Å²) >= 11 is 0. The molecule has 0 unspecified atom stereocenters. The third-order valence-corrected chi connectivity index (χ3v) is 7.03. The van der Waals surface area contributed by atoms with Crippen LogP contribution in [0, 0.1) is 5.92 Å². The summed E-state index contributed by atoms with van der Waals surface area (Å²) in [5.74, 6) is 1.42. The number of benzene rings is 1. The van der Waals surface area contributed by atoms with Crippen LogP contribution in [0.5, 0.6) is 0 Å². The highest BCUT2D eigenvalue weighted by molar-refractivity contribution is 5.80. The molecule has 8 nitrogen and oxygen atoms in total. The molecule has 2 aliphatic rings. The Kier molecular flexibility index (Phi) is 6.06. The van der Waals surface area contributed by atoms with Gasteiger partial charge in [-0.1, -0.05) is 19.9 Å². The number of aromatic amines is 1. The van der Waals surface area contributed by atoms with Gasteiger partial charge in [0.05, 0.1) is 12.6 Å². The third kappa shape index (κ3) is 4.21. The first kappa shape index (κ1) is 21.3. The van der Waals surface area contributed by atoms with Crippen LogP contribution in [0.1, 0.15) is 62.5 Å². The number of fused-ring (bicyclic) bond motifs is 1. The molecule has 0 saturated carbocycles. The Morgan fingerprint density at radius 2 is 2.06 bits per heavy atom. The largest absolute Gasteiger partial charge is 0.376 e. The minimum atomic E-state index is -0.280. The molecule has 32 heavy (non-hydrogen) atoms. The van der Waals surface area contributed by atoms with Crippen molar-refractivity contribution in [2.24, 2.45) is 5.92 Å². The van der Waals surface area contributed by atoms with Gasteiger partial charge >= 0.3 is 0 Å². The van der Waals surface area contributed by atoms with E-state index < -0.39 is 0 Å². The lowest BCUT2D eigenvalue weighted by molar-refractivity contribution is 0.0894. The van der Waals surface area contributed by atoms with Gasteiger partial charge in [0.15, 0.2) is 5.82 Å². The normalized spacial score (nSPS) is 21.4. The number of tetrazole rings is 1. The Balaban J connectivity index is 1.59. The van der Waals surface area contributed by atoms with E-state index in [-0.39, 0.29) is 17.7 Å². The maximum atomic E-state index is 13.3. The van der Waals surface area contributed by atoms with Crippen molar-refractivity contribution < 1.29 is 4.74 Å². The van der Waals surface area contributed by atoms with Gasteiger partial charge in [-0.25, -0.2) is 4.68 Å². The van der Waals surface area contributed by atoms with Gasteiger partial charge in [-0.2, -0.15) is 0 Å². The van der Waals surface area contributed by atoms with Crippen molar-refractivity contribution in [3.63, 3.8) is 0 Å². The molecule has 0 amide bonds. The number of ether oxygens (including phenoxy) is 1. The summed E-state index contributed by atoms with van der Waals surface area (Å²) in [5, 5.41) is 13.8. The number of rotatable bonds is 6. The highest BCUT2D eigenvalue weighted by Crippen LogP contribution is 2.31. The summed E-state index contributed by atoms with van der Waals surface area (Å²) < 4.78 is 7.69. The lowest BCUT2D eigenvalue weighted by atomic mass is 9.95. The highest BCUT2D eigenvalue weighted by Gasteiger charge is 2.33. The zero-order valence-electron chi connectivity index (χ0n) is 19.0. The molecule has 1 N–H and O–H groups in total. The number of H-pyrrole nitrogens is 1. The zero-order chi connectivity index (χ0) is 22.1. The van der Waals surface area contributed by atoms with Gasteiger partial charge in [-0.05, 0) is 90.7 Å². The second kappa shape index (κ2) is 9.11. The lowest BCUT2D eigenvalue weighted by Crippen LogP contribution is -2.40. The molecule has 0 bridgehead atoms. The highest BCUT2D eigenvalue weighted by atomic mass is 16.5. The second-order valence-electron chi connectivity index (χ2n) is 9.30. The predicted molar refractivity (Wildman–Crippen MR) is 123 cm³/mol. The first-order valence-electron chi connectivity index (χ1n) is 11.9. The van der Waals surface area contributed by atoms with E-state index in [1.165, 1.54) is 5.56 Å². The van der Waals surface area contributed by atoms with Crippen molar-refractivity contribution in [1.82, 2.24) is 30.1 Å². The summed E-state index contributed by atoms with van der Waals surface area (Å²) in [6.45, 7) is 7.69. The Labute approximate surface area is 188 Å². The number of nitrogens with zero attached hydrogens (tertiary/aromatic N) is 5. The van der Waals surface area contributed by atoms with Crippen LogP contribution in [0.4, 0.5) is 0 Å². The molecule has 2 saturated heterocycles. The number of hydrogen-bond donors (Lipinski definition) is 1. The van der Waals surface area contributed by atoms with Crippen LogP contribution >= 0.6 is 0 Å². The monoisotopic (exact) mass is 436 g/mol. The van der Waals surface area contributed by atoms with Gasteiger partial charge in [0.2, 0.25) is 0 Å². The topological polar surface area (TPSA) is 88.9 Å². The van der Waals surface area contributed by atoms with Crippen molar-refractivity contribution in [3.8, 4) is 0 Å². The SMILES string of the molecule is CCc1ccc2[nH]c(=O)c([C@H](c3nnnn3C[C@H]3CCCO3)N3CCC(C)CC3)cc2c1. The maximum absolute atomic E-state index is 13.3. The minimum absolute atomic E-state index is 0.0722. The van der Waals surface area contributed by atoms with E-state index in [1.807, 2.05) is 16.8 Å². The van der Waals surface area contributed by atoms with Crippen molar-refractivity contribution in [2.75, 3.05) is 19.7 Å². The summed E-state index contributed by atoms with van der Waals surface area (Å²) in [6.07, 6.45) is 5.38. The zero-order valence-corrected chi connectivity index (χ0v) is 19.0. The fraction of sp³-hybridized carbons (Fsp3) is 0.583. The summed E-state index contributed by atoms with van der Waals surface area (Å²) in [4.78, 5) is 18.8. The fourth-order valence-electron chi connectivity index (χ4n) is 5.00. The molecular formula is C24H32N6O2. The number of hydrogen-bond acceptors (Lipinski definition) is 6.